The highest BCUT2D eigenvalue weighted by Crippen LogP contribution is 2.18. The Hall–Kier alpha value is -1.77. The van der Waals surface area contributed by atoms with Crippen molar-refractivity contribution in [2.75, 3.05) is 20.7 Å². The number of hydrogen-bond acceptors (Lipinski definition) is 4. The van der Waals surface area contributed by atoms with Crippen LogP contribution in [0.3, 0.4) is 0 Å². The molecule has 0 radical (unpaired) electrons. The van der Waals surface area contributed by atoms with E-state index in [1.54, 1.807) is 7.11 Å². The van der Waals surface area contributed by atoms with Crippen molar-refractivity contribution < 1.29 is 9.15 Å². The highest BCUT2D eigenvalue weighted by molar-refractivity contribution is 14.0. The Kier molecular flexibility index (Phi) is 8.74. The van der Waals surface area contributed by atoms with Gasteiger partial charge in [0.15, 0.2) is 5.96 Å². The van der Waals surface area contributed by atoms with Crippen LogP contribution < -0.4 is 10.1 Å². The number of nitrogens with one attached hydrogen (secondary N) is 1. The van der Waals surface area contributed by atoms with E-state index in [0.29, 0.717) is 19.0 Å². The summed E-state index contributed by atoms with van der Waals surface area (Å²) in [5.41, 5.74) is 2.02. The molecule has 0 amide bonds. The maximum atomic E-state index is 5.59. The van der Waals surface area contributed by atoms with Crippen LogP contribution in [0.1, 0.15) is 29.8 Å². The lowest BCUT2D eigenvalue weighted by atomic mass is 10.2. The molecule has 0 atom stereocenters. The molecule has 1 heterocycles. The lowest BCUT2D eigenvalue weighted by molar-refractivity contribution is 0.395. The van der Waals surface area contributed by atoms with Crippen LogP contribution in [-0.2, 0) is 13.1 Å². The van der Waals surface area contributed by atoms with Crippen molar-refractivity contribution in [1.29, 1.82) is 0 Å². The minimum atomic E-state index is 0. The molecule has 2 aromatic rings. The number of ether oxygens (including phenoxy) is 1. The zero-order valence-electron chi connectivity index (χ0n) is 15.5. The quantitative estimate of drug-likeness (QED) is 0.408. The summed E-state index contributed by atoms with van der Waals surface area (Å²) >= 11 is 0. The van der Waals surface area contributed by atoms with Gasteiger partial charge in [0.1, 0.15) is 18.1 Å². The molecule has 0 aliphatic rings. The van der Waals surface area contributed by atoms with E-state index in [9.17, 15) is 0 Å². The van der Waals surface area contributed by atoms with Gasteiger partial charge in [-0.25, -0.2) is 9.98 Å². The Labute approximate surface area is 166 Å². The maximum Gasteiger partial charge on any atom is 0.216 e. The van der Waals surface area contributed by atoms with Crippen LogP contribution in [0.4, 0.5) is 0 Å². The van der Waals surface area contributed by atoms with E-state index in [1.165, 1.54) is 0 Å². The fourth-order valence-corrected chi connectivity index (χ4v) is 2.38. The number of halogens is 1. The van der Waals surface area contributed by atoms with Gasteiger partial charge in [0, 0.05) is 25.7 Å². The van der Waals surface area contributed by atoms with Crippen molar-refractivity contribution in [2.45, 2.75) is 33.9 Å². The van der Waals surface area contributed by atoms with E-state index in [2.05, 4.69) is 26.3 Å². The molecule has 1 aromatic carbocycles. The minimum absolute atomic E-state index is 0. The van der Waals surface area contributed by atoms with Crippen molar-refractivity contribution in [1.82, 2.24) is 15.2 Å². The van der Waals surface area contributed by atoms with Crippen molar-refractivity contribution in [3.8, 4) is 5.75 Å². The Morgan fingerprint density at radius 1 is 1.32 bits per heavy atom. The first-order chi connectivity index (χ1) is 11.5. The van der Waals surface area contributed by atoms with Gasteiger partial charge in [-0.2, -0.15) is 0 Å². The summed E-state index contributed by atoms with van der Waals surface area (Å²) in [7, 11) is 3.69. The molecule has 7 heteroatoms. The van der Waals surface area contributed by atoms with Crippen molar-refractivity contribution >= 4 is 29.9 Å². The molecule has 6 nitrogen and oxygen atoms in total. The third kappa shape index (κ3) is 5.91. The molecule has 1 N–H and O–H groups in total. The van der Waals surface area contributed by atoms with E-state index in [4.69, 9.17) is 9.15 Å². The first kappa shape index (κ1) is 21.3. The number of guanidine groups is 1. The summed E-state index contributed by atoms with van der Waals surface area (Å²) in [6.07, 6.45) is 0. The summed E-state index contributed by atoms with van der Waals surface area (Å²) in [5.74, 6) is 3.15. The monoisotopic (exact) mass is 458 g/mol. The van der Waals surface area contributed by atoms with Crippen LogP contribution in [0.5, 0.6) is 5.75 Å². The fourth-order valence-electron chi connectivity index (χ4n) is 2.38. The largest absolute Gasteiger partial charge is 0.496 e. The summed E-state index contributed by atoms with van der Waals surface area (Å²) in [6.45, 7) is 7.79. The number of para-hydroxylation sites is 1. The van der Waals surface area contributed by atoms with Gasteiger partial charge >= 0.3 is 0 Å². The van der Waals surface area contributed by atoms with Gasteiger partial charge in [-0.3, -0.25) is 0 Å². The molecule has 0 bridgehead atoms. The molecule has 0 aliphatic carbocycles. The molecule has 0 aliphatic heterocycles. The van der Waals surface area contributed by atoms with E-state index in [0.717, 1.165) is 35.3 Å². The first-order valence-electron chi connectivity index (χ1n) is 8.09. The average molecular weight is 458 g/mol. The van der Waals surface area contributed by atoms with E-state index in [1.807, 2.05) is 46.0 Å². The molecule has 0 unspecified atom stereocenters. The van der Waals surface area contributed by atoms with Crippen LogP contribution in [0, 0.1) is 13.8 Å². The fraction of sp³-hybridized carbons (Fsp3) is 0.444. The van der Waals surface area contributed by atoms with E-state index < -0.39 is 0 Å². The molecule has 25 heavy (non-hydrogen) atoms. The van der Waals surface area contributed by atoms with Crippen molar-refractivity contribution in [3.63, 3.8) is 0 Å². The third-order valence-corrected chi connectivity index (χ3v) is 3.73. The molecular formula is C18H27IN4O2. The Morgan fingerprint density at radius 3 is 2.64 bits per heavy atom. The number of hydrogen-bond donors (Lipinski definition) is 1. The van der Waals surface area contributed by atoms with Crippen LogP contribution in [0.15, 0.2) is 33.7 Å². The highest BCUT2D eigenvalue weighted by atomic mass is 127. The Morgan fingerprint density at radius 2 is 2.04 bits per heavy atom. The predicted molar refractivity (Wildman–Crippen MR) is 111 cm³/mol. The molecule has 2 rings (SSSR count). The topological polar surface area (TPSA) is 62.9 Å². The normalized spacial score (nSPS) is 11.0. The number of aryl methyl sites for hydroxylation is 2. The first-order valence-corrected chi connectivity index (χ1v) is 8.09. The summed E-state index contributed by atoms with van der Waals surface area (Å²) < 4.78 is 11.0. The van der Waals surface area contributed by atoms with Crippen molar-refractivity contribution in [3.05, 3.63) is 47.2 Å². The smallest absolute Gasteiger partial charge is 0.216 e. The lowest BCUT2D eigenvalue weighted by Gasteiger charge is -2.22. The number of nitrogens with zero attached hydrogens (tertiary/aromatic N) is 3. The van der Waals surface area contributed by atoms with Crippen LogP contribution in [0.2, 0.25) is 0 Å². The third-order valence-electron chi connectivity index (χ3n) is 3.73. The lowest BCUT2D eigenvalue weighted by Crippen LogP contribution is -2.38. The standard InChI is InChI=1S/C18H26N4O2.HI/c1-6-19-18(20-11-17-21-13(2)14(3)24-17)22(4)12-15-9-7-8-10-16(15)23-5;/h7-10H,6,11-12H2,1-5H3,(H,19,20);1H. The number of aromatic nitrogens is 1. The van der Waals surface area contributed by atoms with Gasteiger partial charge in [-0.05, 0) is 26.8 Å². The second kappa shape index (κ2) is 10.3. The highest BCUT2D eigenvalue weighted by Gasteiger charge is 2.11. The molecule has 1 aromatic heterocycles. The predicted octanol–water partition coefficient (Wildman–Crippen LogP) is 3.52. The zero-order valence-corrected chi connectivity index (χ0v) is 17.8. The second-order valence-corrected chi connectivity index (χ2v) is 5.59. The SMILES string of the molecule is CCNC(=NCc1nc(C)c(C)o1)N(C)Cc1ccccc1OC.I. The Balaban J connectivity index is 0.00000312. The van der Waals surface area contributed by atoms with Gasteiger partial charge in [-0.15, -0.1) is 24.0 Å². The number of methoxy groups -OCH3 is 1. The molecule has 0 fully saturated rings. The molecular weight excluding hydrogens is 431 g/mol. The van der Waals surface area contributed by atoms with Crippen LogP contribution >= 0.6 is 24.0 Å². The van der Waals surface area contributed by atoms with Gasteiger partial charge in [-0.1, -0.05) is 18.2 Å². The molecule has 0 saturated carbocycles. The Bertz CT molecular complexity index is 681. The van der Waals surface area contributed by atoms with E-state index >= 15 is 0 Å². The number of benzene rings is 1. The number of oxazole rings is 1. The summed E-state index contributed by atoms with van der Waals surface area (Å²) in [5, 5.41) is 3.30. The van der Waals surface area contributed by atoms with Gasteiger partial charge in [0.25, 0.3) is 0 Å². The number of rotatable bonds is 6. The minimum Gasteiger partial charge on any atom is -0.496 e. The number of aliphatic imine (C=N–C) groups is 1. The van der Waals surface area contributed by atoms with Gasteiger partial charge < -0.3 is 19.4 Å². The van der Waals surface area contributed by atoms with Crippen molar-refractivity contribution in [2.24, 2.45) is 4.99 Å². The zero-order chi connectivity index (χ0) is 17.5. The summed E-state index contributed by atoms with van der Waals surface area (Å²) in [4.78, 5) is 11.1. The molecule has 138 valence electrons. The van der Waals surface area contributed by atoms with Gasteiger partial charge in [0.05, 0.1) is 12.8 Å². The van der Waals surface area contributed by atoms with Gasteiger partial charge in [0.2, 0.25) is 5.89 Å². The van der Waals surface area contributed by atoms with Crippen LogP contribution in [0.25, 0.3) is 0 Å². The maximum absolute atomic E-state index is 5.59. The second-order valence-electron chi connectivity index (χ2n) is 5.59. The molecule has 0 saturated heterocycles. The molecule has 0 spiro atoms. The average Bonchev–Trinajstić information content (AvgIpc) is 2.90. The van der Waals surface area contributed by atoms with E-state index in [-0.39, 0.29) is 24.0 Å². The van der Waals surface area contributed by atoms with Crippen LogP contribution in [-0.4, -0.2) is 36.5 Å². The summed E-state index contributed by atoms with van der Waals surface area (Å²) in [6, 6.07) is 7.99.